The zero-order valence-electron chi connectivity index (χ0n) is 16.5. The van der Waals surface area contributed by atoms with Crippen molar-refractivity contribution in [2.45, 2.75) is 44.2 Å². The Morgan fingerprint density at radius 1 is 1.10 bits per heavy atom. The van der Waals surface area contributed by atoms with Gasteiger partial charge in [0, 0.05) is 11.6 Å². The highest BCUT2D eigenvalue weighted by Gasteiger charge is 2.61. The summed E-state index contributed by atoms with van der Waals surface area (Å²) in [6, 6.07) is 13.6. The van der Waals surface area contributed by atoms with Gasteiger partial charge in [0.15, 0.2) is 6.61 Å². The second kappa shape index (κ2) is 8.26. The van der Waals surface area contributed by atoms with Crippen molar-refractivity contribution < 1.29 is 23.5 Å². The lowest BCUT2D eigenvalue weighted by Crippen LogP contribution is -2.57. The second-order valence-electron chi connectivity index (χ2n) is 8.37. The van der Waals surface area contributed by atoms with E-state index in [0.29, 0.717) is 6.42 Å². The van der Waals surface area contributed by atoms with Gasteiger partial charge < -0.3 is 14.8 Å². The molecule has 0 saturated heterocycles. The highest BCUT2D eigenvalue weighted by molar-refractivity contribution is 6.30. The van der Waals surface area contributed by atoms with Gasteiger partial charge in [0.25, 0.3) is 5.91 Å². The first-order chi connectivity index (χ1) is 14.4. The topological polar surface area (TPSA) is 64.6 Å². The fraction of sp³-hybridized carbons (Fsp3) is 0.391. The molecule has 0 unspecified atom stereocenters. The maximum absolute atomic E-state index is 13.4. The zero-order chi connectivity index (χ0) is 21.2. The van der Waals surface area contributed by atoms with Gasteiger partial charge in [-0.05, 0) is 48.8 Å². The predicted octanol–water partition coefficient (Wildman–Crippen LogP) is 4.42. The summed E-state index contributed by atoms with van der Waals surface area (Å²) < 4.78 is 24.2. The minimum absolute atomic E-state index is 0.00440. The second-order valence-corrected chi connectivity index (χ2v) is 8.78. The van der Waals surface area contributed by atoms with E-state index in [1.165, 1.54) is 12.1 Å². The van der Waals surface area contributed by atoms with Crippen LogP contribution in [0, 0.1) is 11.2 Å². The molecule has 0 heterocycles. The van der Waals surface area contributed by atoms with Crippen molar-refractivity contribution in [1.82, 2.24) is 5.32 Å². The molecule has 3 fully saturated rings. The Bertz CT molecular complexity index is 943. The number of rotatable bonds is 8. The molecule has 158 valence electrons. The Labute approximate surface area is 179 Å². The summed E-state index contributed by atoms with van der Waals surface area (Å²) >= 11 is 5.64. The summed E-state index contributed by atoms with van der Waals surface area (Å²) in [4.78, 5) is 24.6. The van der Waals surface area contributed by atoms with Gasteiger partial charge in [-0.2, -0.15) is 0 Å². The minimum atomic E-state index is -0.591. The lowest BCUT2D eigenvalue weighted by molar-refractivity contribution is -0.149. The van der Waals surface area contributed by atoms with Gasteiger partial charge >= 0.3 is 5.97 Å². The average Bonchev–Trinajstić information content (AvgIpc) is 3.22. The van der Waals surface area contributed by atoms with Crippen LogP contribution in [0.2, 0.25) is 5.02 Å². The highest BCUT2D eigenvalue weighted by atomic mass is 35.5. The third-order valence-corrected chi connectivity index (χ3v) is 6.29. The quantitative estimate of drug-likeness (QED) is 0.628. The molecule has 30 heavy (non-hydrogen) atoms. The van der Waals surface area contributed by atoms with E-state index < -0.39 is 5.82 Å². The number of hydrogen-bond donors (Lipinski definition) is 1. The maximum atomic E-state index is 13.4. The fourth-order valence-corrected chi connectivity index (χ4v) is 4.87. The maximum Gasteiger partial charge on any atom is 0.306 e. The summed E-state index contributed by atoms with van der Waals surface area (Å²) in [5.41, 5.74) is 0.609. The highest BCUT2D eigenvalue weighted by Crippen LogP contribution is 2.63. The van der Waals surface area contributed by atoms with Crippen LogP contribution >= 0.6 is 11.6 Å². The molecule has 5 rings (SSSR count). The van der Waals surface area contributed by atoms with E-state index in [9.17, 15) is 14.0 Å². The van der Waals surface area contributed by atoms with Crippen molar-refractivity contribution in [3.63, 3.8) is 0 Å². The number of hydrogen-bond acceptors (Lipinski definition) is 4. The molecule has 2 aromatic rings. The number of ether oxygens (including phenoxy) is 2. The molecule has 7 heteroatoms. The Hall–Kier alpha value is -2.60. The molecule has 0 aliphatic heterocycles. The molecule has 3 saturated carbocycles. The van der Waals surface area contributed by atoms with Gasteiger partial charge in [-0.15, -0.1) is 0 Å². The molecule has 2 bridgehead atoms. The van der Waals surface area contributed by atoms with Crippen molar-refractivity contribution in [3.05, 3.63) is 64.9 Å². The number of amides is 1. The van der Waals surface area contributed by atoms with Gasteiger partial charge in [-0.25, -0.2) is 4.39 Å². The number of nitrogens with one attached hydrogen (secondary N) is 1. The van der Waals surface area contributed by atoms with Crippen LogP contribution in [0.4, 0.5) is 4.39 Å². The van der Waals surface area contributed by atoms with Crippen LogP contribution in [-0.2, 0) is 20.9 Å². The number of fused-ring (bicyclic) bond motifs is 1. The smallest absolute Gasteiger partial charge is 0.306 e. The minimum Gasteiger partial charge on any atom is -0.484 e. The third kappa shape index (κ3) is 4.59. The number of halogens is 2. The number of carbonyl (C=O) groups excluding carboxylic acids is 2. The summed E-state index contributed by atoms with van der Waals surface area (Å²) in [7, 11) is 0. The molecule has 3 aliphatic rings. The first-order valence-corrected chi connectivity index (χ1v) is 10.3. The lowest BCUT2D eigenvalue weighted by Gasteiger charge is -2.47. The zero-order valence-corrected chi connectivity index (χ0v) is 17.2. The summed E-state index contributed by atoms with van der Waals surface area (Å²) in [6.07, 6.45) is 3.62. The Morgan fingerprint density at radius 3 is 2.60 bits per heavy atom. The molecule has 3 aliphatic carbocycles. The Morgan fingerprint density at radius 2 is 1.87 bits per heavy atom. The van der Waals surface area contributed by atoms with E-state index in [1.807, 2.05) is 30.3 Å². The summed E-state index contributed by atoms with van der Waals surface area (Å²) in [5, 5.41) is 3.04. The van der Waals surface area contributed by atoms with Crippen LogP contribution in [-0.4, -0.2) is 24.0 Å². The van der Waals surface area contributed by atoms with E-state index >= 15 is 0 Å². The summed E-state index contributed by atoms with van der Waals surface area (Å²) in [6.45, 7) is 0.0786. The number of benzene rings is 2. The third-order valence-electron chi connectivity index (χ3n) is 5.99. The molecular weight excluding hydrogens is 409 g/mol. The van der Waals surface area contributed by atoms with E-state index in [0.717, 1.165) is 37.3 Å². The van der Waals surface area contributed by atoms with Crippen LogP contribution < -0.4 is 10.1 Å². The van der Waals surface area contributed by atoms with Crippen molar-refractivity contribution >= 4 is 23.5 Å². The van der Waals surface area contributed by atoms with Crippen molar-refractivity contribution in [1.29, 1.82) is 0 Å². The molecular formula is C23H23ClFNO4. The van der Waals surface area contributed by atoms with E-state index in [4.69, 9.17) is 21.1 Å². The van der Waals surface area contributed by atoms with Crippen molar-refractivity contribution in [3.8, 4) is 5.75 Å². The molecule has 2 aromatic carbocycles. The first-order valence-electron chi connectivity index (χ1n) is 9.96. The van der Waals surface area contributed by atoms with Gasteiger partial charge in [0.05, 0.1) is 11.4 Å². The van der Waals surface area contributed by atoms with Gasteiger partial charge in [-0.1, -0.05) is 41.9 Å². The molecule has 1 N–H and O–H groups in total. The number of esters is 1. The Balaban J connectivity index is 1.21. The molecule has 0 spiro atoms. The lowest BCUT2D eigenvalue weighted by atomic mass is 9.63. The van der Waals surface area contributed by atoms with Crippen LogP contribution in [0.1, 0.15) is 37.7 Å². The normalized spacial score (nSPS) is 24.1. The van der Waals surface area contributed by atoms with E-state index in [2.05, 4.69) is 5.32 Å². The van der Waals surface area contributed by atoms with E-state index in [-0.39, 0.29) is 46.8 Å². The first kappa shape index (κ1) is 20.7. The molecule has 1 amide bonds. The molecule has 0 atom stereocenters. The van der Waals surface area contributed by atoms with Gasteiger partial charge in [0.2, 0.25) is 0 Å². The van der Waals surface area contributed by atoms with Crippen molar-refractivity contribution in [2.75, 3.05) is 6.61 Å². The monoisotopic (exact) mass is 431 g/mol. The number of carbonyl (C=O) groups is 2. The van der Waals surface area contributed by atoms with E-state index in [1.54, 1.807) is 0 Å². The SMILES string of the molecule is O=C(COc1ccc(Cl)c(F)c1)NC12CCC(CC(=O)OCc3ccccc3)(C1)C2. The predicted molar refractivity (Wildman–Crippen MR) is 110 cm³/mol. The largest absolute Gasteiger partial charge is 0.484 e. The standard InChI is InChI=1S/C23H23ClFNO4/c24-18-7-6-17(10-19(18)25)29-13-20(27)26-23-9-8-22(14-23,15-23)11-21(28)30-12-16-4-2-1-3-5-16/h1-7,10H,8-9,11-15H2,(H,26,27). The van der Waals surface area contributed by atoms with Crippen LogP contribution in [0.25, 0.3) is 0 Å². The summed E-state index contributed by atoms with van der Waals surface area (Å²) in [5.74, 6) is -0.798. The van der Waals surface area contributed by atoms with Crippen LogP contribution in [0.15, 0.2) is 48.5 Å². The van der Waals surface area contributed by atoms with Gasteiger partial charge in [-0.3, -0.25) is 9.59 Å². The van der Waals surface area contributed by atoms with Crippen molar-refractivity contribution in [2.24, 2.45) is 5.41 Å². The molecule has 0 radical (unpaired) electrons. The fourth-order valence-electron chi connectivity index (χ4n) is 4.75. The van der Waals surface area contributed by atoms with Crippen LogP contribution in [0.5, 0.6) is 5.75 Å². The average molecular weight is 432 g/mol. The van der Waals surface area contributed by atoms with Crippen LogP contribution in [0.3, 0.4) is 0 Å². The van der Waals surface area contributed by atoms with Gasteiger partial charge in [0.1, 0.15) is 18.2 Å². The Kier molecular flexibility index (Phi) is 5.69. The molecule has 0 aromatic heterocycles. The molecule has 5 nitrogen and oxygen atoms in total.